The van der Waals surface area contributed by atoms with Crippen molar-refractivity contribution in [2.45, 2.75) is 39.2 Å². The number of ketones is 1. The molecule has 0 aliphatic carbocycles. The van der Waals surface area contributed by atoms with Crippen molar-refractivity contribution in [2.75, 3.05) is 24.7 Å². The van der Waals surface area contributed by atoms with E-state index in [1.807, 2.05) is 13.8 Å². The van der Waals surface area contributed by atoms with E-state index in [0.717, 1.165) is 6.42 Å². The Balaban J connectivity index is 1.65. The van der Waals surface area contributed by atoms with Crippen molar-refractivity contribution in [1.82, 2.24) is 5.32 Å². The molecular formula is C24H27FN2O5. The van der Waals surface area contributed by atoms with Crippen LogP contribution < -0.4 is 19.7 Å². The van der Waals surface area contributed by atoms with Crippen LogP contribution in [0.5, 0.6) is 11.5 Å². The Hall–Kier alpha value is -3.42. The Kier molecular flexibility index (Phi) is 7.81. The Morgan fingerprint density at radius 1 is 1.25 bits per heavy atom. The van der Waals surface area contributed by atoms with E-state index in [1.54, 1.807) is 24.3 Å². The lowest BCUT2D eigenvalue weighted by atomic mass is 10.1. The summed E-state index contributed by atoms with van der Waals surface area (Å²) in [5.74, 6) is -0.730. The fourth-order valence-corrected chi connectivity index (χ4v) is 3.26. The number of nitrogens with zero attached hydrogens (tertiary/aromatic N) is 1. The van der Waals surface area contributed by atoms with Crippen molar-refractivity contribution in [1.29, 1.82) is 0 Å². The number of ether oxygens (including phenoxy) is 2. The van der Waals surface area contributed by atoms with Gasteiger partial charge in [0.15, 0.2) is 30.6 Å². The lowest BCUT2D eigenvalue weighted by molar-refractivity contribution is -0.123. The van der Waals surface area contributed by atoms with Crippen LogP contribution in [0.25, 0.3) is 0 Å². The Morgan fingerprint density at radius 3 is 2.78 bits per heavy atom. The lowest BCUT2D eigenvalue weighted by Gasteiger charge is -2.29. The molecule has 0 radical (unpaired) electrons. The van der Waals surface area contributed by atoms with Gasteiger partial charge in [0, 0.05) is 24.6 Å². The molecule has 2 aromatic rings. The van der Waals surface area contributed by atoms with Crippen LogP contribution in [0.3, 0.4) is 0 Å². The first-order valence-corrected chi connectivity index (χ1v) is 10.7. The number of carbonyl (C=O) groups is 3. The quantitative estimate of drug-likeness (QED) is 0.569. The van der Waals surface area contributed by atoms with E-state index in [2.05, 4.69) is 5.32 Å². The Labute approximate surface area is 186 Å². The minimum absolute atomic E-state index is 0.00499. The highest BCUT2D eigenvalue weighted by Crippen LogP contribution is 2.33. The van der Waals surface area contributed by atoms with Gasteiger partial charge in [0.1, 0.15) is 5.75 Å². The topological polar surface area (TPSA) is 84.9 Å². The molecule has 8 heteroatoms. The average molecular weight is 442 g/mol. The highest BCUT2D eigenvalue weighted by atomic mass is 19.1. The molecule has 0 fully saturated rings. The number of amides is 2. The summed E-state index contributed by atoms with van der Waals surface area (Å²) in [6.07, 6.45) is 1.61. The highest BCUT2D eigenvalue weighted by Gasteiger charge is 2.26. The molecule has 1 aliphatic heterocycles. The number of nitrogens with one attached hydrogen (secondary N) is 1. The monoisotopic (exact) mass is 442 g/mol. The summed E-state index contributed by atoms with van der Waals surface area (Å²) < 4.78 is 24.5. The minimum atomic E-state index is -0.548. The van der Waals surface area contributed by atoms with Gasteiger partial charge in [-0.2, -0.15) is 0 Å². The second-order valence-corrected chi connectivity index (χ2v) is 7.64. The van der Waals surface area contributed by atoms with Gasteiger partial charge < -0.3 is 19.7 Å². The van der Waals surface area contributed by atoms with E-state index in [9.17, 15) is 18.8 Å². The van der Waals surface area contributed by atoms with Crippen molar-refractivity contribution in [3.63, 3.8) is 0 Å². The van der Waals surface area contributed by atoms with Crippen LogP contribution in [-0.4, -0.2) is 43.4 Å². The van der Waals surface area contributed by atoms with E-state index in [1.165, 1.54) is 23.1 Å². The largest absolute Gasteiger partial charge is 0.482 e. The van der Waals surface area contributed by atoms with Gasteiger partial charge in [-0.25, -0.2) is 4.39 Å². The molecule has 7 nitrogen and oxygen atoms in total. The second-order valence-electron chi connectivity index (χ2n) is 7.64. The molecule has 0 saturated heterocycles. The first-order valence-electron chi connectivity index (χ1n) is 10.7. The van der Waals surface area contributed by atoms with Crippen molar-refractivity contribution in [3.8, 4) is 11.5 Å². The third kappa shape index (κ3) is 5.84. The van der Waals surface area contributed by atoms with Gasteiger partial charge in [-0.15, -0.1) is 0 Å². The fraction of sp³-hybridized carbons (Fsp3) is 0.375. The molecule has 2 aromatic carbocycles. The molecule has 32 heavy (non-hydrogen) atoms. The zero-order chi connectivity index (χ0) is 23.1. The third-order valence-corrected chi connectivity index (χ3v) is 5.22. The number of hydrogen-bond acceptors (Lipinski definition) is 5. The zero-order valence-electron chi connectivity index (χ0n) is 18.2. The number of hydrogen-bond donors (Lipinski definition) is 1. The number of halogens is 1. The molecule has 3 rings (SSSR count). The summed E-state index contributed by atoms with van der Waals surface area (Å²) in [5.41, 5.74) is 0.790. The maximum Gasteiger partial charge on any atom is 0.265 e. The molecular weight excluding hydrogens is 415 g/mol. The SMILES string of the molecule is CC[C@@H](C)NC(=O)CCCN1C(=O)COc2ccc(C(=O)COc3ccccc3F)cc21. The summed E-state index contributed by atoms with van der Waals surface area (Å²) in [4.78, 5) is 38.6. The van der Waals surface area contributed by atoms with E-state index in [4.69, 9.17) is 9.47 Å². The van der Waals surface area contributed by atoms with Gasteiger partial charge in [0.2, 0.25) is 5.91 Å². The second kappa shape index (κ2) is 10.7. The summed E-state index contributed by atoms with van der Waals surface area (Å²) in [6, 6.07) is 10.7. The van der Waals surface area contributed by atoms with Crippen LogP contribution in [0.2, 0.25) is 0 Å². The number of carbonyl (C=O) groups excluding carboxylic acids is 3. The van der Waals surface area contributed by atoms with Gasteiger partial charge in [-0.1, -0.05) is 19.1 Å². The minimum Gasteiger partial charge on any atom is -0.482 e. The van der Waals surface area contributed by atoms with E-state index in [0.29, 0.717) is 36.4 Å². The molecule has 1 aliphatic rings. The van der Waals surface area contributed by atoms with Crippen LogP contribution in [0.15, 0.2) is 42.5 Å². The molecule has 1 N–H and O–H groups in total. The molecule has 0 aromatic heterocycles. The van der Waals surface area contributed by atoms with E-state index >= 15 is 0 Å². The molecule has 170 valence electrons. The number of rotatable bonds is 10. The summed E-state index contributed by atoms with van der Waals surface area (Å²) >= 11 is 0. The van der Waals surface area contributed by atoms with Crippen LogP contribution in [-0.2, 0) is 9.59 Å². The number of fused-ring (bicyclic) bond motifs is 1. The summed E-state index contributed by atoms with van der Waals surface area (Å²) in [5, 5.41) is 2.90. The van der Waals surface area contributed by atoms with Gasteiger partial charge in [-0.05, 0) is 50.1 Å². The molecule has 2 amide bonds. The van der Waals surface area contributed by atoms with Gasteiger partial charge in [0.25, 0.3) is 5.91 Å². The van der Waals surface area contributed by atoms with Gasteiger partial charge in [-0.3, -0.25) is 14.4 Å². The number of anilines is 1. The van der Waals surface area contributed by atoms with Crippen LogP contribution in [0.4, 0.5) is 10.1 Å². The predicted molar refractivity (Wildman–Crippen MR) is 118 cm³/mol. The van der Waals surface area contributed by atoms with E-state index in [-0.39, 0.29) is 42.6 Å². The van der Waals surface area contributed by atoms with Crippen molar-refractivity contribution >= 4 is 23.3 Å². The maximum absolute atomic E-state index is 13.7. The van der Waals surface area contributed by atoms with Crippen molar-refractivity contribution < 1.29 is 28.2 Å². The molecule has 1 heterocycles. The molecule has 1 atom stereocenters. The van der Waals surface area contributed by atoms with Crippen molar-refractivity contribution in [3.05, 3.63) is 53.8 Å². The molecule has 0 bridgehead atoms. The first kappa shape index (κ1) is 23.2. The summed E-state index contributed by atoms with van der Waals surface area (Å²) in [6.45, 7) is 3.81. The van der Waals surface area contributed by atoms with Gasteiger partial charge in [0.05, 0.1) is 5.69 Å². The highest BCUT2D eigenvalue weighted by molar-refractivity contribution is 6.02. The smallest absolute Gasteiger partial charge is 0.265 e. The maximum atomic E-state index is 13.7. The van der Waals surface area contributed by atoms with Crippen molar-refractivity contribution in [2.24, 2.45) is 0 Å². The van der Waals surface area contributed by atoms with Crippen LogP contribution in [0, 0.1) is 5.82 Å². The van der Waals surface area contributed by atoms with Gasteiger partial charge >= 0.3 is 0 Å². The van der Waals surface area contributed by atoms with Crippen LogP contribution >= 0.6 is 0 Å². The Morgan fingerprint density at radius 2 is 2.03 bits per heavy atom. The van der Waals surface area contributed by atoms with Crippen LogP contribution in [0.1, 0.15) is 43.5 Å². The number of para-hydroxylation sites is 1. The standard InChI is InChI=1S/C24H27FN2O5/c1-3-16(2)26-23(29)9-6-12-27-19-13-17(10-11-22(19)32-15-24(27)30)20(28)14-31-21-8-5-4-7-18(21)25/h4-5,7-8,10-11,13,16H,3,6,9,12,14-15H2,1-2H3,(H,26,29)/t16-/m1/s1. The Bertz CT molecular complexity index is 994. The summed E-state index contributed by atoms with van der Waals surface area (Å²) in [7, 11) is 0. The average Bonchev–Trinajstić information content (AvgIpc) is 2.79. The number of benzene rings is 2. The predicted octanol–water partition coefficient (Wildman–Crippen LogP) is 3.51. The fourth-order valence-electron chi connectivity index (χ4n) is 3.26. The molecule has 0 saturated carbocycles. The van der Waals surface area contributed by atoms with E-state index < -0.39 is 5.82 Å². The molecule has 0 unspecified atom stereocenters. The number of Topliss-reactive ketones (excluding diaryl/α,β-unsaturated/α-hetero) is 1. The first-order chi connectivity index (χ1) is 15.4. The zero-order valence-corrected chi connectivity index (χ0v) is 18.2. The third-order valence-electron chi connectivity index (χ3n) is 5.22. The molecule has 0 spiro atoms. The normalized spacial score (nSPS) is 13.7. The lowest BCUT2D eigenvalue weighted by Crippen LogP contribution is -2.40.